The second-order valence-corrected chi connectivity index (χ2v) is 7.97. The van der Waals surface area contributed by atoms with Crippen molar-refractivity contribution in [1.29, 1.82) is 0 Å². The van der Waals surface area contributed by atoms with E-state index in [1.165, 1.54) is 11.3 Å². The van der Waals surface area contributed by atoms with Gasteiger partial charge in [0.2, 0.25) is 0 Å². The molecular formula is C18H25Cl2N4O2+. The van der Waals surface area contributed by atoms with Gasteiger partial charge in [-0.2, -0.15) is 0 Å². The molecule has 3 rings (SSSR count). The van der Waals surface area contributed by atoms with Crippen molar-refractivity contribution < 1.29 is 14.5 Å². The Morgan fingerprint density at radius 3 is 2.31 bits per heavy atom. The first-order valence-electron chi connectivity index (χ1n) is 9.08. The number of likely N-dealkylation sites (tertiary alicyclic amines) is 2. The molecule has 2 fully saturated rings. The van der Waals surface area contributed by atoms with Crippen LogP contribution in [0, 0.1) is 0 Å². The van der Waals surface area contributed by atoms with E-state index in [0.717, 1.165) is 25.9 Å². The standard InChI is InChI=1S/C18H24Cl2N4O2/c19-14-5-4-13(12-15(14)20)22-17(26)23-10-6-18(7-11-23,16(21)25)24-8-2-1-3-9-24/h4-5,12H,1-3,6-11H2,(H2,21,25)(H,22,26)/p+1. The zero-order valence-electron chi connectivity index (χ0n) is 14.7. The minimum atomic E-state index is -0.541. The highest BCUT2D eigenvalue weighted by atomic mass is 35.5. The molecule has 2 aliphatic heterocycles. The third-order valence-corrected chi connectivity index (χ3v) is 6.42. The fraction of sp³-hybridized carbons (Fsp3) is 0.556. The quantitative estimate of drug-likeness (QED) is 0.725. The van der Waals surface area contributed by atoms with Crippen LogP contribution in [0.15, 0.2) is 18.2 Å². The number of piperidine rings is 2. The SMILES string of the molecule is NC(=O)C1([NH+]2CCCCC2)CCN(C(=O)Nc2ccc(Cl)c(Cl)c2)CC1. The summed E-state index contributed by atoms with van der Waals surface area (Å²) in [5.74, 6) is -0.237. The molecule has 1 aromatic carbocycles. The Kier molecular flexibility index (Phi) is 5.95. The van der Waals surface area contributed by atoms with Crippen molar-refractivity contribution in [2.75, 3.05) is 31.5 Å². The highest BCUT2D eigenvalue weighted by Crippen LogP contribution is 2.26. The average molecular weight is 400 g/mol. The van der Waals surface area contributed by atoms with Gasteiger partial charge in [-0.15, -0.1) is 0 Å². The normalized spacial score (nSPS) is 20.6. The summed E-state index contributed by atoms with van der Waals surface area (Å²) in [5, 5.41) is 3.67. The molecule has 142 valence electrons. The number of hydrogen-bond donors (Lipinski definition) is 3. The lowest BCUT2D eigenvalue weighted by Crippen LogP contribution is -3.22. The third kappa shape index (κ3) is 3.92. The van der Waals surface area contributed by atoms with E-state index < -0.39 is 5.54 Å². The van der Waals surface area contributed by atoms with E-state index in [-0.39, 0.29) is 11.9 Å². The van der Waals surface area contributed by atoms with Crippen LogP contribution >= 0.6 is 23.2 Å². The number of nitrogens with one attached hydrogen (secondary N) is 2. The Labute approximate surface area is 163 Å². The van der Waals surface area contributed by atoms with Gasteiger partial charge in [0, 0.05) is 31.6 Å². The van der Waals surface area contributed by atoms with Crippen LogP contribution in [-0.2, 0) is 4.79 Å². The van der Waals surface area contributed by atoms with Gasteiger partial charge in [0.15, 0.2) is 5.54 Å². The van der Waals surface area contributed by atoms with E-state index >= 15 is 0 Å². The van der Waals surface area contributed by atoms with Crippen molar-refractivity contribution in [2.45, 2.75) is 37.6 Å². The molecule has 2 heterocycles. The molecule has 0 aliphatic carbocycles. The average Bonchev–Trinajstić information content (AvgIpc) is 2.65. The van der Waals surface area contributed by atoms with Gasteiger partial charge in [-0.3, -0.25) is 4.79 Å². The monoisotopic (exact) mass is 399 g/mol. The van der Waals surface area contributed by atoms with Gasteiger partial charge in [-0.25, -0.2) is 4.79 Å². The number of nitrogens with zero attached hydrogens (tertiary/aromatic N) is 1. The van der Waals surface area contributed by atoms with Crippen molar-refractivity contribution in [1.82, 2.24) is 4.90 Å². The van der Waals surface area contributed by atoms with Gasteiger partial charge < -0.3 is 20.9 Å². The summed E-state index contributed by atoms with van der Waals surface area (Å²) in [6.07, 6.45) is 4.69. The molecule has 26 heavy (non-hydrogen) atoms. The third-order valence-electron chi connectivity index (χ3n) is 5.68. The summed E-state index contributed by atoms with van der Waals surface area (Å²) in [6, 6.07) is 4.78. The lowest BCUT2D eigenvalue weighted by molar-refractivity contribution is -0.948. The second kappa shape index (κ2) is 8.03. The number of carbonyl (C=O) groups is 2. The highest BCUT2D eigenvalue weighted by molar-refractivity contribution is 6.42. The van der Waals surface area contributed by atoms with Gasteiger partial charge in [0.1, 0.15) is 0 Å². The van der Waals surface area contributed by atoms with Crippen LogP contribution in [0.5, 0.6) is 0 Å². The van der Waals surface area contributed by atoms with Crippen LogP contribution in [0.2, 0.25) is 10.0 Å². The van der Waals surface area contributed by atoms with Crippen molar-refractivity contribution in [2.24, 2.45) is 5.73 Å². The number of amides is 3. The number of anilines is 1. The summed E-state index contributed by atoms with van der Waals surface area (Å²) in [6.45, 7) is 3.00. The number of rotatable bonds is 3. The zero-order chi connectivity index (χ0) is 18.7. The summed E-state index contributed by atoms with van der Waals surface area (Å²) in [4.78, 5) is 27.8. The van der Waals surface area contributed by atoms with Crippen molar-refractivity contribution >= 4 is 40.8 Å². The van der Waals surface area contributed by atoms with Crippen LogP contribution in [0.3, 0.4) is 0 Å². The number of urea groups is 1. The van der Waals surface area contributed by atoms with Crippen LogP contribution in [0.1, 0.15) is 32.1 Å². The van der Waals surface area contributed by atoms with Crippen LogP contribution in [0.4, 0.5) is 10.5 Å². The molecule has 0 bridgehead atoms. The smallest absolute Gasteiger partial charge is 0.321 e. The van der Waals surface area contributed by atoms with Crippen LogP contribution < -0.4 is 16.0 Å². The molecule has 8 heteroatoms. The van der Waals surface area contributed by atoms with E-state index in [9.17, 15) is 9.59 Å². The van der Waals surface area contributed by atoms with Crippen molar-refractivity contribution in [3.8, 4) is 0 Å². The van der Waals surface area contributed by atoms with E-state index in [2.05, 4.69) is 5.32 Å². The Morgan fingerprint density at radius 1 is 1.08 bits per heavy atom. The van der Waals surface area contributed by atoms with Crippen LogP contribution in [0.25, 0.3) is 0 Å². The maximum atomic E-state index is 12.5. The Bertz CT molecular complexity index is 684. The lowest BCUT2D eigenvalue weighted by atomic mass is 9.83. The molecule has 3 amide bonds. The van der Waals surface area contributed by atoms with Crippen molar-refractivity contribution in [3.63, 3.8) is 0 Å². The predicted octanol–water partition coefficient (Wildman–Crippen LogP) is 1.91. The number of halogens is 2. The molecule has 0 spiro atoms. The lowest BCUT2D eigenvalue weighted by Gasteiger charge is -2.45. The molecule has 2 saturated heterocycles. The summed E-state index contributed by atoms with van der Waals surface area (Å²) in [7, 11) is 0. The number of carbonyl (C=O) groups excluding carboxylic acids is 2. The van der Waals surface area contributed by atoms with E-state index in [1.807, 2.05) is 0 Å². The maximum Gasteiger partial charge on any atom is 0.321 e. The fourth-order valence-corrected chi connectivity index (χ4v) is 4.40. The zero-order valence-corrected chi connectivity index (χ0v) is 16.2. The number of hydrogen-bond acceptors (Lipinski definition) is 2. The molecule has 0 radical (unpaired) electrons. The molecule has 0 aromatic heterocycles. The Hall–Kier alpha value is -1.50. The van der Waals surface area contributed by atoms with E-state index in [0.29, 0.717) is 41.7 Å². The predicted molar refractivity (Wildman–Crippen MR) is 103 cm³/mol. The molecule has 4 N–H and O–H groups in total. The minimum Gasteiger partial charge on any atom is -0.364 e. The summed E-state index contributed by atoms with van der Waals surface area (Å²) < 4.78 is 0. The van der Waals surface area contributed by atoms with Gasteiger partial charge >= 0.3 is 6.03 Å². The minimum absolute atomic E-state index is 0.199. The van der Waals surface area contributed by atoms with Crippen molar-refractivity contribution in [3.05, 3.63) is 28.2 Å². The van der Waals surface area contributed by atoms with Gasteiger partial charge in [0.25, 0.3) is 5.91 Å². The topological polar surface area (TPSA) is 79.9 Å². The molecule has 1 aromatic rings. The Morgan fingerprint density at radius 2 is 1.73 bits per heavy atom. The second-order valence-electron chi connectivity index (χ2n) is 7.16. The van der Waals surface area contributed by atoms with Gasteiger partial charge in [-0.1, -0.05) is 23.2 Å². The molecule has 0 unspecified atom stereocenters. The number of nitrogens with two attached hydrogens (primary N) is 1. The fourth-order valence-electron chi connectivity index (χ4n) is 4.10. The molecular weight excluding hydrogens is 375 g/mol. The van der Waals surface area contributed by atoms with E-state index in [4.69, 9.17) is 28.9 Å². The maximum absolute atomic E-state index is 12.5. The number of benzene rings is 1. The first-order valence-corrected chi connectivity index (χ1v) is 9.84. The van der Waals surface area contributed by atoms with Gasteiger partial charge in [-0.05, 0) is 37.5 Å². The number of quaternary nitrogens is 1. The molecule has 0 saturated carbocycles. The molecule has 2 aliphatic rings. The van der Waals surface area contributed by atoms with E-state index in [1.54, 1.807) is 23.1 Å². The first-order chi connectivity index (χ1) is 12.4. The van der Waals surface area contributed by atoms with Gasteiger partial charge in [0.05, 0.1) is 23.1 Å². The summed E-state index contributed by atoms with van der Waals surface area (Å²) >= 11 is 11.9. The highest BCUT2D eigenvalue weighted by Gasteiger charge is 2.49. The molecule has 6 nitrogen and oxygen atoms in total. The largest absolute Gasteiger partial charge is 0.364 e. The Balaban J connectivity index is 1.63. The van der Waals surface area contributed by atoms with Crippen LogP contribution in [-0.4, -0.2) is 48.6 Å². The summed E-state index contributed by atoms with van der Waals surface area (Å²) in [5.41, 5.74) is 5.86. The number of primary amides is 1. The first kappa shape index (κ1) is 19.3. The molecule has 0 atom stereocenters.